The van der Waals surface area contributed by atoms with Crippen LogP contribution in [0.5, 0.6) is 0 Å². The molecule has 0 spiro atoms. The van der Waals surface area contributed by atoms with Crippen LogP contribution >= 0.6 is 11.8 Å². The Bertz CT molecular complexity index is 348. The largest absolute Gasteiger partial charge is 0.316 e. The Morgan fingerprint density at radius 1 is 1.31 bits per heavy atom. The standard InChI is InChI=1S/C14H19NS/c1-15-14(10-6-4-7-10)13-9-11-5-2-3-8-12(11)16-13/h2-3,5,8,10,13-15H,4,6-7,9H2,1H3. The molecule has 0 aromatic heterocycles. The molecular formula is C14H19NS. The van der Waals surface area contributed by atoms with E-state index in [-0.39, 0.29) is 0 Å². The number of hydrogen-bond donors (Lipinski definition) is 1. The highest BCUT2D eigenvalue weighted by atomic mass is 32.2. The van der Waals surface area contributed by atoms with E-state index in [1.54, 1.807) is 5.56 Å². The minimum atomic E-state index is 0.714. The molecule has 3 rings (SSSR count). The van der Waals surface area contributed by atoms with Crippen LogP contribution in [0.4, 0.5) is 0 Å². The Kier molecular flexibility index (Phi) is 2.95. The second kappa shape index (κ2) is 4.42. The lowest BCUT2D eigenvalue weighted by atomic mass is 9.78. The summed E-state index contributed by atoms with van der Waals surface area (Å²) in [7, 11) is 2.13. The number of benzene rings is 1. The SMILES string of the molecule is CNC(C1CCC1)C1Cc2ccccc2S1. The third kappa shape index (κ3) is 1.78. The van der Waals surface area contributed by atoms with Crippen molar-refractivity contribution in [3.63, 3.8) is 0 Å². The van der Waals surface area contributed by atoms with Gasteiger partial charge in [-0.25, -0.2) is 0 Å². The Morgan fingerprint density at radius 2 is 2.12 bits per heavy atom. The first-order valence-electron chi connectivity index (χ1n) is 6.30. The van der Waals surface area contributed by atoms with Gasteiger partial charge in [-0.3, -0.25) is 0 Å². The summed E-state index contributed by atoms with van der Waals surface area (Å²) in [5, 5.41) is 4.32. The Morgan fingerprint density at radius 3 is 2.75 bits per heavy atom. The molecule has 1 aliphatic carbocycles. The minimum Gasteiger partial charge on any atom is -0.316 e. The minimum absolute atomic E-state index is 0.714. The first-order valence-corrected chi connectivity index (χ1v) is 7.18. The van der Waals surface area contributed by atoms with Crippen LogP contribution in [0.1, 0.15) is 24.8 Å². The van der Waals surface area contributed by atoms with Crippen molar-refractivity contribution in [2.75, 3.05) is 7.05 Å². The normalized spacial score (nSPS) is 26.2. The molecule has 0 radical (unpaired) electrons. The summed E-state index contributed by atoms with van der Waals surface area (Å²) in [6.07, 6.45) is 5.55. The van der Waals surface area contributed by atoms with E-state index in [2.05, 4.69) is 48.4 Å². The summed E-state index contributed by atoms with van der Waals surface area (Å²) in [6, 6.07) is 9.60. The fraction of sp³-hybridized carbons (Fsp3) is 0.571. The van der Waals surface area contributed by atoms with Crippen LogP contribution in [0.15, 0.2) is 29.2 Å². The van der Waals surface area contributed by atoms with Crippen molar-refractivity contribution in [3.05, 3.63) is 29.8 Å². The molecule has 2 unspecified atom stereocenters. The molecule has 0 saturated heterocycles. The smallest absolute Gasteiger partial charge is 0.0291 e. The van der Waals surface area contributed by atoms with Gasteiger partial charge in [-0.2, -0.15) is 0 Å². The van der Waals surface area contributed by atoms with Gasteiger partial charge in [0.05, 0.1) is 0 Å². The summed E-state index contributed by atoms with van der Waals surface area (Å²) >= 11 is 2.08. The Hall–Kier alpha value is -0.470. The van der Waals surface area contributed by atoms with Crippen LogP contribution in [0.3, 0.4) is 0 Å². The van der Waals surface area contributed by atoms with Crippen LogP contribution in [0.25, 0.3) is 0 Å². The van der Waals surface area contributed by atoms with E-state index >= 15 is 0 Å². The van der Waals surface area contributed by atoms with E-state index in [4.69, 9.17) is 0 Å². The second-order valence-electron chi connectivity index (χ2n) is 4.97. The molecule has 0 amide bonds. The van der Waals surface area contributed by atoms with Crippen molar-refractivity contribution >= 4 is 11.8 Å². The van der Waals surface area contributed by atoms with Gasteiger partial charge < -0.3 is 5.32 Å². The van der Waals surface area contributed by atoms with Crippen molar-refractivity contribution in [2.45, 2.75) is 41.9 Å². The van der Waals surface area contributed by atoms with Crippen LogP contribution in [0, 0.1) is 5.92 Å². The second-order valence-corrected chi connectivity index (χ2v) is 6.25. The molecule has 2 aliphatic rings. The van der Waals surface area contributed by atoms with Crippen molar-refractivity contribution in [1.29, 1.82) is 0 Å². The summed E-state index contributed by atoms with van der Waals surface area (Å²) in [5.41, 5.74) is 1.55. The molecule has 1 nitrogen and oxygen atoms in total. The molecule has 1 aromatic rings. The average molecular weight is 233 g/mol. The van der Waals surface area contributed by atoms with Crippen molar-refractivity contribution in [2.24, 2.45) is 5.92 Å². The number of nitrogens with one attached hydrogen (secondary N) is 1. The summed E-state index contributed by atoms with van der Waals surface area (Å²) in [5.74, 6) is 0.928. The molecule has 1 aliphatic heterocycles. The average Bonchev–Trinajstić information content (AvgIpc) is 2.66. The number of rotatable bonds is 3. The molecule has 1 fully saturated rings. The number of hydrogen-bond acceptors (Lipinski definition) is 2. The zero-order chi connectivity index (χ0) is 11.0. The van der Waals surface area contributed by atoms with E-state index in [0.717, 1.165) is 11.2 Å². The van der Waals surface area contributed by atoms with Crippen LogP contribution in [0.2, 0.25) is 0 Å². The van der Waals surface area contributed by atoms with Crippen molar-refractivity contribution in [1.82, 2.24) is 5.32 Å². The van der Waals surface area contributed by atoms with E-state index in [1.165, 1.54) is 30.6 Å². The molecule has 2 atom stereocenters. The van der Waals surface area contributed by atoms with Gasteiger partial charge in [0.25, 0.3) is 0 Å². The zero-order valence-electron chi connectivity index (χ0n) is 9.78. The van der Waals surface area contributed by atoms with E-state index in [0.29, 0.717) is 6.04 Å². The summed E-state index contributed by atoms with van der Waals surface area (Å²) in [6.45, 7) is 0. The molecule has 16 heavy (non-hydrogen) atoms. The molecule has 1 N–H and O–H groups in total. The molecular weight excluding hydrogens is 214 g/mol. The van der Waals surface area contributed by atoms with Gasteiger partial charge in [0, 0.05) is 16.2 Å². The fourth-order valence-electron chi connectivity index (χ4n) is 2.93. The van der Waals surface area contributed by atoms with Crippen molar-refractivity contribution in [3.8, 4) is 0 Å². The highest BCUT2D eigenvalue weighted by Crippen LogP contribution is 2.43. The van der Waals surface area contributed by atoms with Crippen molar-refractivity contribution < 1.29 is 0 Å². The van der Waals surface area contributed by atoms with Gasteiger partial charge in [-0.15, -0.1) is 11.8 Å². The predicted molar refractivity (Wildman–Crippen MR) is 70.0 cm³/mol. The van der Waals surface area contributed by atoms with Gasteiger partial charge in [-0.1, -0.05) is 24.6 Å². The fourth-order valence-corrected chi connectivity index (χ4v) is 4.49. The Labute approximate surface area is 102 Å². The van der Waals surface area contributed by atoms with Gasteiger partial charge in [0.1, 0.15) is 0 Å². The molecule has 86 valence electrons. The summed E-state index contributed by atoms with van der Waals surface area (Å²) in [4.78, 5) is 1.51. The van der Waals surface area contributed by atoms with Gasteiger partial charge >= 0.3 is 0 Å². The zero-order valence-corrected chi connectivity index (χ0v) is 10.6. The van der Waals surface area contributed by atoms with Crippen LogP contribution in [-0.4, -0.2) is 18.3 Å². The van der Waals surface area contributed by atoms with E-state index in [1.807, 2.05) is 0 Å². The van der Waals surface area contributed by atoms with Crippen LogP contribution in [-0.2, 0) is 6.42 Å². The van der Waals surface area contributed by atoms with Gasteiger partial charge in [0.2, 0.25) is 0 Å². The van der Waals surface area contributed by atoms with Crippen LogP contribution < -0.4 is 5.32 Å². The third-order valence-corrected chi connectivity index (χ3v) is 5.48. The van der Waals surface area contributed by atoms with E-state index in [9.17, 15) is 0 Å². The first-order chi connectivity index (χ1) is 7.88. The molecule has 1 saturated carbocycles. The lowest BCUT2D eigenvalue weighted by Gasteiger charge is -2.36. The molecule has 2 heteroatoms. The highest BCUT2D eigenvalue weighted by Gasteiger charge is 2.35. The lowest BCUT2D eigenvalue weighted by molar-refractivity contribution is 0.233. The lowest BCUT2D eigenvalue weighted by Crippen LogP contribution is -2.44. The first kappa shape index (κ1) is 10.7. The maximum atomic E-state index is 3.56. The van der Waals surface area contributed by atoms with E-state index < -0.39 is 0 Å². The predicted octanol–water partition coefficient (Wildman–Crippen LogP) is 3.09. The molecule has 1 heterocycles. The quantitative estimate of drug-likeness (QED) is 0.861. The van der Waals surface area contributed by atoms with Gasteiger partial charge in [-0.05, 0) is 43.9 Å². The maximum Gasteiger partial charge on any atom is 0.0291 e. The monoisotopic (exact) mass is 233 g/mol. The summed E-state index contributed by atoms with van der Waals surface area (Å²) < 4.78 is 0. The van der Waals surface area contributed by atoms with Gasteiger partial charge in [0.15, 0.2) is 0 Å². The molecule has 1 aromatic carbocycles. The topological polar surface area (TPSA) is 12.0 Å². The maximum absolute atomic E-state index is 3.56. The number of fused-ring (bicyclic) bond motifs is 1. The number of thioether (sulfide) groups is 1. The highest BCUT2D eigenvalue weighted by molar-refractivity contribution is 8.00. The molecule has 0 bridgehead atoms. The Balaban J connectivity index is 1.74. The third-order valence-electron chi connectivity index (χ3n) is 4.06.